The first-order chi connectivity index (χ1) is 8.47. The van der Waals surface area contributed by atoms with Crippen LogP contribution in [0.25, 0.3) is 0 Å². The van der Waals surface area contributed by atoms with Gasteiger partial charge in [-0.3, -0.25) is 0 Å². The number of nitrogens with zero attached hydrogens (tertiary/aromatic N) is 1. The van der Waals surface area contributed by atoms with Gasteiger partial charge in [-0.05, 0) is 18.2 Å². The fourth-order valence-electron chi connectivity index (χ4n) is 1.16. The predicted octanol–water partition coefficient (Wildman–Crippen LogP) is 5.11. The van der Waals surface area contributed by atoms with Crippen LogP contribution in [-0.2, 0) is 0 Å². The molecule has 7 heteroatoms. The zero-order chi connectivity index (χ0) is 13.3. The van der Waals surface area contributed by atoms with Crippen LogP contribution in [-0.4, -0.2) is 4.98 Å². The van der Waals surface area contributed by atoms with Crippen LogP contribution in [0, 0.1) is 11.6 Å². The number of halogens is 5. The highest BCUT2D eigenvalue weighted by molar-refractivity contribution is 6.42. The smallest absolute Gasteiger partial charge is 0.239 e. The van der Waals surface area contributed by atoms with E-state index >= 15 is 0 Å². The Morgan fingerprint density at radius 3 is 2.44 bits per heavy atom. The van der Waals surface area contributed by atoms with E-state index in [2.05, 4.69) is 4.98 Å². The van der Waals surface area contributed by atoms with Crippen LogP contribution in [0.15, 0.2) is 24.3 Å². The lowest BCUT2D eigenvalue weighted by Crippen LogP contribution is -1.93. The van der Waals surface area contributed by atoms with E-state index in [-0.39, 0.29) is 26.8 Å². The van der Waals surface area contributed by atoms with Crippen LogP contribution in [0.4, 0.5) is 8.78 Å². The summed E-state index contributed by atoms with van der Waals surface area (Å²) < 4.78 is 31.3. The maximum atomic E-state index is 13.3. The molecular formula is C11H4Cl3F2NO. The number of hydrogen-bond acceptors (Lipinski definition) is 2. The Bertz CT molecular complexity index is 607. The SMILES string of the molecule is Fc1ccc(F)c(Oc2nc(Cl)c(Cl)cc2Cl)c1. The number of benzene rings is 1. The molecule has 0 aliphatic carbocycles. The Hall–Kier alpha value is -1.10. The highest BCUT2D eigenvalue weighted by atomic mass is 35.5. The maximum Gasteiger partial charge on any atom is 0.239 e. The molecule has 2 rings (SSSR count). The van der Waals surface area contributed by atoms with E-state index in [0.29, 0.717) is 0 Å². The van der Waals surface area contributed by atoms with Crippen LogP contribution in [0.2, 0.25) is 15.2 Å². The first-order valence-corrected chi connectivity index (χ1v) is 5.75. The maximum absolute atomic E-state index is 13.3. The third-order valence-corrected chi connectivity index (χ3v) is 2.90. The van der Waals surface area contributed by atoms with Crippen molar-refractivity contribution in [2.75, 3.05) is 0 Å². The van der Waals surface area contributed by atoms with Gasteiger partial charge in [-0.15, -0.1) is 0 Å². The second-order valence-electron chi connectivity index (χ2n) is 3.22. The molecule has 0 aliphatic rings. The molecule has 0 unspecified atom stereocenters. The Balaban J connectivity index is 2.40. The molecular weight excluding hydrogens is 306 g/mol. The highest BCUT2D eigenvalue weighted by Gasteiger charge is 2.13. The molecule has 1 aromatic heterocycles. The Morgan fingerprint density at radius 1 is 1.00 bits per heavy atom. The minimum Gasteiger partial charge on any atom is -0.434 e. The van der Waals surface area contributed by atoms with E-state index in [0.717, 1.165) is 18.2 Å². The lowest BCUT2D eigenvalue weighted by molar-refractivity contribution is 0.423. The Labute approximate surface area is 116 Å². The topological polar surface area (TPSA) is 22.1 Å². The van der Waals surface area contributed by atoms with E-state index in [1.54, 1.807) is 0 Å². The van der Waals surface area contributed by atoms with Crippen LogP contribution < -0.4 is 4.74 Å². The first kappa shape index (κ1) is 13.3. The molecule has 0 spiro atoms. The first-order valence-electron chi connectivity index (χ1n) is 4.62. The molecule has 0 atom stereocenters. The summed E-state index contributed by atoms with van der Waals surface area (Å²) >= 11 is 17.1. The third-order valence-electron chi connectivity index (χ3n) is 1.95. The van der Waals surface area contributed by atoms with E-state index in [1.165, 1.54) is 6.07 Å². The third kappa shape index (κ3) is 2.83. The van der Waals surface area contributed by atoms with Crippen molar-refractivity contribution in [3.05, 3.63) is 51.1 Å². The lowest BCUT2D eigenvalue weighted by Gasteiger charge is -2.08. The van der Waals surface area contributed by atoms with Crippen LogP contribution in [0.1, 0.15) is 0 Å². The number of ether oxygens (including phenoxy) is 1. The van der Waals surface area contributed by atoms with Gasteiger partial charge in [0.1, 0.15) is 10.8 Å². The van der Waals surface area contributed by atoms with E-state index in [9.17, 15) is 8.78 Å². The number of rotatable bonds is 2. The average molecular weight is 311 g/mol. The van der Waals surface area contributed by atoms with Gasteiger partial charge in [0.05, 0.1) is 5.02 Å². The molecule has 94 valence electrons. The van der Waals surface area contributed by atoms with E-state index < -0.39 is 11.6 Å². The molecule has 0 amide bonds. The number of pyridine rings is 1. The van der Waals surface area contributed by atoms with Crippen molar-refractivity contribution in [3.8, 4) is 11.6 Å². The van der Waals surface area contributed by atoms with Gasteiger partial charge in [0, 0.05) is 6.07 Å². The normalized spacial score (nSPS) is 10.5. The van der Waals surface area contributed by atoms with E-state index in [4.69, 9.17) is 39.5 Å². The summed E-state index contributed by atoms with van der Waals surface area (Å²) in [4.78, 5) is 3.73. The van der Waals surface area contributed by atoms with Gasteiger partial charge in [0.15, 0.2) is 16.7 Å². The van der Waals surface area contributed by atoms with Gasteiger partial charge in [-0.25, -0.2) is 8.78 Å². The summed E-state index contributed by atoms with van der Waals surface area (Å²) in [7, 11) is 0. The minimum atomic E-state index is -0.750. The van der Waals surface area contributed by atoms with Crippen molar-refractivity contribution < 1.29 is 13.5 Å². The number of aromatic nitrogens is 1. The van der Waals surface area contributed by atoms with Gasteiger partial charge in [-0.2, -0.15) is 4.98 Å². The summed E-state index contributed by atoms with van der Waals surface area (Å²) in [5.41, 5.74) is 0. The monoisotopic (exact) mass is 309 g/mol. The summed E-state index contributed by atoms with van der Waals surface area (Å²) in [5, 5.41) is 0.120. The summed E-state index contributed by atoms with van der Waals surface area (Å²) in [5.74, 6) is -1.90. The molecule has 0 saturated carbocycles. The molecule has 2 nitrogen and oxygen atoms in total. The van der Waals surface area contributed by atoms with Crippen LogP contribution in [0.3, 0.4) is 0 Å². The minimum absolute atomic E-state index is 0.0352. The molecule has 0 N–H and O–H groups in total. The zero-order valence-corrected chi connectivity index (χ0v) is 10.8. The van der Waals surface area contributed by atoms with Gasteiger partial charge in [-0.1, -0.05) is 34.8 Å². The van der Waals surface area contributed by atoms with Crippen molar-refractivity contribution in [1.29, 1.82) is 0 Å². The van der Waals surface area contributed by atoms with Crippen molar-refractivity contribution in [2.24, 2.45) is 0 Å². The Morgan fingerprint density at radius 2 is 1.72 bits per heavy atom. The van der Waals surface area contributed by atoms with Gasteiger partial charge < -0.3 is 4.74 Å². The van der Waals surface area contributed by atoms with Crippen molar-refractivity contribution in [1.82, 2.24) is 4.98 Å². The molecule has 0 radical (unpaired) electrons. The van der Waals surface area contributed by atoms with Crippen molar-refractivity contribution in [2.45, 2.75) is 0 Å². The molecule has 1 aromatic carbocycles. The second kappa shape index (κ2) is 5.26. The van der Waals surface area contributed by atoms with Crippen LogP contribution in [0.5, 0.6) is 11.6 Å². The second-order valence-corrected chi connectivity index (χ2v) is 4.40. The molecule has 18 heavy (non-hydrogen) atoms. The standard InChI is InChI=1S/C11H4Cl3F2NO/c12-6-4-7(13)11(17-10(6)14)18-9-3-5(15)1-2-8(9)16/h1-4H. The molecule has 0 aliphatic heterocycles. The van der Waals surface area contributed by atoms with E-state index in [1.807, 2.05) is 0 Å². The van der Waals surface area contributed by atoms with Crippen molar-refractivity contribution in [3.63, 3.8) is 0 Å². The zero-order valence-electron chi connectivity index (χ0n) is 8.55. The Kier molecular flexibility index (Phi) is 3.90. The summed E-state index contributed by atoms with van der Waals surface area (Å²) in [6.45, 7) is 0. The highest BCUT2D eigenvalue weighted by Crippen LogP contribution is 2.34. The van der Waals surface area contributed by atoms with Gasteiger partial charge in [0.25, 0.3) is 0 Å². The molecule has 0 bridgehead atoms. The fourth-order valence-corrected chi connectivity index (χ4v) is 1.69. The quantitative estimate of drug-likeness (QED) is 0.719. The molecule has 0 saturated heterocycles. The lowest BCUT2D eigenvalue weighted by atomic mass is 10.3. The van der Waals surface area contributed by atoms with Gasteiger partial charge >= 0.3 is 0 Å². The molecule has 1 heterocycles. The largest absolute Gasteiger partial charge is 0.434 e. The molecule has 0 fully saturated rings. The van der Waals surface area contributed by atoms with Crippen LogP contribution >= 0.6 is 34.8 Å². The molecule has 2 aromatic rings. The average Bonchev–Trinajstić information content (AvgIpc) is 2.30. The fraction of sp³-hybridized carbons (Fsp3) is 0. The summed E-state index contributed by atoms with van der Waals surface area (Å²) in [6, 6.07) is 4.06. The van der Waals surface area contributed by atoms with Gasteiger partial charge in [0.2, 0.25) is 5.88 Å². The van der Waals surface area contributed by atoms with Crippen molar-refractivity contribution >= 4 is 34.8 Å². The number of hydrogen-bond donors (Lipinski definition) is 0. The summed E-state index contributed by atoms with van der Waals surface area (Å²) in [6.07, 6.45) is 0. The predicted molar refractivity (Wildman–Crippen MR) is 65.7 cm³/mol.